The number of carboxylic acid groups (broad SMARTS) is 1. The average Bonchev–Trinajstić information content (AvgIpc) is 1.49. The largest absolute Gasteiger partial charge is 0.480 e. The van der Waals surface area contributed by atoms with Gasteiger partial charge in [0.25, 0.3) is 0 Å². The highest BCUT2D eigenvalue weighted by molar-refractivity contribution is 5.99. The first-order valence-corrected chi connectivity index (χ1v) is 34.9. The summed E-state index contributed by atoms with van der Waals surface area (Å²) in [7, 11) is 0. The fourth-order valence-corrected chi connectivity index (χ4v) is 14.9. The van der Waals surface area contributed by atoms with Gasteiger partial charge in [0.2, 0.25) is 59.1 Å². The molecule has 0 aromatic heterocycles. The number of carbonyl (C=O) groups is 11. The standard InChI is InChI=1S/C68H103N19O14/c1-38(2)25-48(56(92)81-47(63(99)100)19-11-23-77-67(73)74)82-58(94)50(30-40-15-7-4-8-16-40)83-59(95)51(37-88)84-57(93)49(29-39-13-5-3-6-14-39)79-54(90)35-78-60(96)53-31-44(89)36-87(53)62(98)52-20-12-24-86(52)61(97)46(18-10-22-76-66(71)72)80-55(91)45(17-9-21-75-65(69)70)85-64(101)68-32-41-26-42(33-68)28-43(27-41)34-68/h3-8,13-16,38,41-53,88-89H,9-12,17-37H2,1-2H3,(H,78,96)(H,79,90)(H,80,91)(H,81,92)(H,82,94)(H,83,95)(H,84,93)(H,85,101)(H,99,100)(H4,69,70,75)(H4,71,72,76)(H4,73,74,77)/t41?,42?,43?,44?,45-,46+,47+,48+,49+,50-,51+,52+,53+,68?/m1/s1. The molecule has 33 heteroatoms. The molecule has 101 heavy (non-hydrogen) atoms. The molecule has 10 amide bonds. The van der Waals surface area contributed by atoms with E-state index in [0.29, 0.717) is 41.7 Å². The maximum Gasteiger partial charge on any atom is 0.326 e. The molecule has 10 atom stereocenters. The molecule has 2 saturated heterocycles. The molecule has 33 nitrogen and oxygen atoms in total. The Bertz CT molecular complexity index is 3270. The normalized spacial score (nSPS) is 22.3. The molecule has 2 heterocycles. The van der Waals surface area contributed by atoms with E-state index >= 15 is 0 Å². The lowest BCUT2D eigenvalue weighted by molar-refractivity contribution is -0.149. The number of carboxylic acids is 1. The van der Waals surface area contributed by atoms with Gasteiger partial charge in [-0.25, -0.2) is 4.79 Å². The monoisotopic (exact) mass is 1410 g/mol. The van der Waals surface area contributed by atoms with Gasteiger partial charge in [0.1, 0.15) is 54.4 Å². The summed E-state index contributed by atoms with van der Waals surface area (Å²) in [5, 5.41) is 52.8. The fraction of sp³-hybridized carbons (Fsp3) is 0.618. The van der Waals surface area contributed by atoms with Gasteiger partial charge in [-0.15, -0.1) is 0 Å². The van der Waals surface area contributed by atoms with Crippen LogP contribution in [0.4, 0.5) is 0 Å². The van der Waals surface area contributed by atoms with E-state index in [1.165, 1.54) is 4.90 Å². The smallest absolute Gasteiger partial charge is 0.326 e. The first-order valence-electron chi connectivity index (χ1n) is 34.9. The number of likely N-dealkylation sites (tertiary alicyclic amines) is 2. The number of aliphatic carboxylic acids is 1. The third-order valence-electron chi connectivity index (χ3n) is 19.3. The van der Waals surface area contributed by atoms with E-state index < -0.39 is 138 Å². The van der Waals surface area contributed by atoms with Crippen LogP contribution in [0.2, 0.25) is 0 Å². The fourth-order valence-electron chi connectivity index (χ4n) is 14.9. The van der Waals surface area contributed by atoms with E-state index in [0.717, 1.165) is 43.4 Å². The van der Waals surface area contributed by atoms with Gasteiger partial charge in [0.05, 0.1) is 19.3 Å². The van der Waals surface area contributed by atoms with Gasteiger partial charge in [-0.2, -0.15) is 0 Å². The number of hydrogen-bond donors (Lipinski definition) is 17. The van der Waals surface area contributed by atoms with E-state index in [1.807, 2.05) is 0 Å². The summed E-state index contributed by atoms with van der Waals surface area (Å²) in [6.45, 7) is 1.95. The predicted octanol–water partition coefficient (Wildman–Crippen LogP) is -3.57. The predicted molar refractivity (Wildman–Crippen MR) is 372 cm³/mol. The SMILES string of the molecule is CC(C)C[C@H](NC(=O)[C@@H](Cc1ccccc1)NC(=O)[C@H](CO)NC(=O)[C@H](Cc1ccccc1)NC(=O)CNC(=O)[C@@H]1CC(O)CN1C(=O)[C@@H]1CCCN1C(=O)[C@H](CCCN=C(N)N)NC(=O)[C@@H](CCCN=C(N)N)NC(=O)C12CC3CC(CC(C3)C1)C2)C(=O)N[C@@H](CCCN=C(N)N)C(=O)O. The Balaban J connectivity index is 1.00. The van der Waals surface area contributed by atoms with Crippen LogP contribution in [-0.4, -0.2) is 214 Å². The first-order chi connectivity index (χ1) is 48.1. The zero-order valence-corrected chi connectivity index (χ0v) is 57.6. The Labute approximate surface area is 587 Å². The highest BCUT2D eigenvalue weighted by atomic mass is 16.4. The van der Waals surface area contributed by atoms with Gasteiger partial charge in [-0.1, -0.05) is 74.5 Å². The van der Waals surface area contributed by atoms with Gasteiger partial charge in [0.15, 0.2) is 17.9 Å². The molecule has 6 aliphatic rings. The number of β-amino-alcohol motifs (C(OH)–C–C–N with tert-alkyl or cyclic N) is 1. The number of benzene rings is 2. The number of aliphatic imine (C=N–C) groups is 3. The third-order valence-corrected chi connectivity index (χ3v) is 19.3. The Hall–Kier alpha value is -9.66. The molecule has 1 unspecified atom stereocenters. The number of carbonyl (C=O) groups excluding carboxylic acids is 10. The molecule has 6 fully saturated rings. The number of rotatable bonds is 38. The second-order valence-corrected chi connectivity index (χ2v) is 27.8. The highest BCUT2D eigenvalue weighted by Crippen LogP contribution is 2.60. The summed E-state index contributed by atoms with van der Waals surface area (Å²) in [5.74, 6) is -8.23. The number of aliphatic hydroxyl groups is 2. The number of nitrogens with zero attached hydrogens (tertiary/aromatic N) is 5. The van der Waals surface area contributed by atoms with E-state index in [-0.39, 0.29) is 127 Å². The minimum Gasteiger partial charge on any atom is -0.480 e. The topological polar surface area (TPSA) is 544 Å². The van der Waals surface area contributed by atoms with Crippen LogP contribution >= 0.6 is 0 Å². The van der Waals surface area contributed by atoms with Gasteiger partial charge in [-0.05, 0) is 131 Å². The van der Waals surface area contributed by atoms with Crippen molar-refractivity contribution >= 4 is 82.9 Å². The van der Waals surface area contributed by atoms with Crippen molar-refractivity contribution in [1.29, 1.82) is 0 Å². The molecule has 2 aliphatic heterocycles. The van der Waals surface area contributed by atoms with E-state index in [1.54, 1.807) is 74.5 Å². The van der Waals surface area contributed by atoms with Crippen molar-refractivity contribution in [2.45, 2.75) is 190 Å². The number of hydrogen-bond acceptors (Lipinski definition) is 16. The summed E-state index contributed by atoms with van der Waals surface area (Å²) in [6.07, 6.45) is 5.20. The van der Waals surface area contributed by atoms with Crippen LogP contribution in [0, 0.1) is 29.1 Å². The summed E-state index contributed by atoms with van der Waals surface area (Å²) in [6, 6.07) is 4.82. The number of guanidine groups is 3. The average molecular weight is 1410 g/mol. The van der Waals surface area contributed by atoms with E-state index in [4.69, 9.17) is 34.4 Å². The van der Waals surface area contributed by atoms with Crippen LogP contribution in [0.5, 0.6) is 0 Å². The molecule has 4 saturated carbocycles. The molecular formula is C68H103N19O14. The quantitative estimate of drug-likeness (QED) is 0.0176. The summed E-state index contributed by atoms with van der Waals surface area (Å²) in [4.78, 5) is 170. The maximum atomic E-state index is 14.9. The van der Waals surface area contributed by atoms with Crippen molar-refractivity contribution in [3.05, 3.63) is 71.8 Å². The molecule has 554 valence electrons. The summed E-state index contributed by atoms with van der Waals surface area (Å²) in [5.41, 5.74) is 33.7. The Kier molecular flexibility index (Phi) is 29.3. The second kappa shape index (κ2) is 37.7. The maximum absolute atomic E-state index is 14.9. The minimum atomic E-state index is -1.74. The van der Waals surface area contributed by atoms with Crippen LogP contribution in [0.3, 0.4) is 0 Å². The Morgan fingerprint density at radius 3 is 1.50 bits per heavy atom. The molecule has 23 N–H and O–H groups in total. The van der Waals surface area contributed by atoms with Gasteiger partial charge in [-0.3, -0.25) is 62.9 Å². The number of aliphatic hydroxyl groups excluding tert-OH is 2. The summed E-state index contributed by atoms with van der Waals surface area (Å²) < 4.78 is 0. The zero-order valence-electron chi connectivity index (χ0n) is 57.6. The number of nitrogens with one attached hydrogen (secondary N) is 8. The lowest BCUT2D eigenvalue weighted by atomic mass is 9.49. The Morgan fingerprint density at radius 1 is 0.545 bits per heavy atom. The highest BCUT2D eigenvalue weighted by Gasteiger charge is 2.55. The zero-order chi connectivity index (χ0) is 73.5. The molecule has 4 bridgehead atoms. The van der Waals surface area contributed by atoms with Crippen LogP contribution in [0.1, 0.15) is 128 Å². The minimum absolute atomic E-state index is 0.0234. The van der Waals surface area contributed by atoms with Gasteiger partial charge >= 0.3 is 5.97 Å². The first kappa shape index (κ1) is 78.7. The molecule has 0 spiro atoms. The molecule has 8 rings (SSSR count). The Morgan fingerprint density at radius 2 is 0.990 bits per heavy atom. The molecule has 2 aromatic rings. The lowest BCUT2D eigenvalue weighted by Crippen LogP contribution is -2.60. The second-order valence-electron chi connectivity index (χ2n) is 27.8. The van der Waals surface area contributed by atoms with Crippen LogP contribution in [-0.2, 0) is 65.6 Å². The van der Waals surface area contributed by atoms with Crippen LogP contribution < -0.4 is 76.9 Å². The van der Waals surface area contributed by atoms with Gasteiger partial charge < -0.3 is 102 Å². The van der Waals surface area contributed by atoms with Crippen molar-refractivity contribution in [1.82, 2.24) is 52.3 Å². The van der Waals surface area contributed by atoms with Crippen LogP contribution in [0.15, 0.2) is 75.6 Å². The van der Waals surface area contributed by atoms with E-state index in [2.05, 4.69) is 57.5 Å². The number of amides is 10. The van der Waals surface area contributed by atoms with Crippen molar-refractivity contribution in [3.63, 3.8) is 0 Å². The van der Waals surface area contributed by atoms with Gasteiger partial charge in [0, 0.05) is 57.4 Å². The summed E-state index contributed by atoms with van der Waals surface area (Å²) >= 11 is 0. The molecular weight excluding hydrogens is 1310 g/mol. The molecule has 2 aromatic carbocycles. The van der Waals surface area contributed by atoms with E-state index in [9.17, 15) is 68.1 Å². The van der Waals surface area contributed by atoms with Crippen molar-refractivity contribution in [2.75, 3.05) is 45.9 Å². The van der Waals surface area contributed by atoms with Crippen LogP contribution in [0.25, 0.3) is 0 Å². The number of nitrogens with two attached hydrogens (primary N) is 6. The van der Waals surface area contributed by atoms with Crippen molar-refractivity contribution < 1.29 is 68.1 Å². The molecule has 0 radical (unpaired) electrons. The lowest BCUT2D eigenvalue weighted by Gasteiger charge is -2.55. The van der Waals surface area contributed by atoms with Crippen molar-refractivity contribution in [3.8, 4) is 0 Å². The van der Waals surface area contributed by atoms with Crippen molar-refractivity contribution in [2.24, 2.45) is 78.5 Å². The third kappa shape index (κ3) is 23.5. The molecule has 4 aliphatic carbocycles.